The van der Waals surface area contributed by atoms with Crippen LogP contribution in [0, 0.1) is 0 Å². The number of nitrogen functional groups attached to an aromatic ring is 1. The van der Waals surface area contributed by atoms with Gasteiger partial charge in [-0.15, -0.1) is 5.10 Å². The lowest BCUT2D eigenvalue weighted by molar-refractivity contribution is 0.0945. The first-order valence-electron chi connectivity index (χ1n) is 6.21. The smallest absolute Gasteiger partial charge is 0.278 e. The molecule has 2 N–H and O–H groups in total. The van der Waals surface area contributed by atoms with Gasteiger partial charge in [0, 0.05) is 34.7 Å². The van der Waals surface area contributed by atoms with Crippen LogP contribution in [0.2, 0.25) is 5.02 Å². The highest BCUT2D eigenvalue weighted by Gasteiger charge is 2.14. The summed E-state index contributed by atoms with van der Waals surface area (Å²) < 4.78 is 1.23. The van der Waals surface area contributed by atoms with E-state index in [4.69, 9.17) is 17.3 Å². The Kier molecular flexibility index (Phi) is 3.41. The fraction of sp³-hybridized carbons (Fsp3) is 0. The highest BCUT2D eigenvalue weighted by Crippen LogP contribution is 2.26. The zero-order valence-corrected chi connectivity index (χ0v) is 11.7. The molecule has 5 nitrogen and oxygen atoms in total. The van der Waals surface area contributed by atoms with Crippen LogP contribution in [0.15, 0.2) is 55.0 Å². The molecule has 0 aliphatic heterocycles. The Morgan fingerprint density at radius 1 is 1.10 bits per heavy atom. The summed E-state index contributed by atoms with van der Waals surface area (Å²) in [5, 5.41) is 4.71. The van der Waals surface area contributed by atoms with Gasteiger partial charge in [-0.3, -0.25) is 9.78 Å². The van der Waals surface area contributed by atoms with Crippen LogP contribution in [0.4, 0.5) is 5.82 Å². The highest BCUT2D eigenvalue weighted by molar-refractivity contribution is 6.30. The number of pyridine rings is 1. The predicted molar refractivity (Wildman–Crippen MR) is 81.1 cm³/mol. The van der Waals surface area contributed by atoms with E-state index in [1.165, 1.54) is 4.68 Å². The van der Waals surface area contributed by atoms with Crippen LogP contribution < -0.4 is 5.73 Å². The number of anilines is 1. The third-order valence-electron chi connectivity index (χ3n) is 3.03. The molecular formula is C15H11ClN4O. The van der Waals surface area contributed by atoms with Crippen molar-refractivity contribution in [3.8, 4) is 11.1 Å². The summed E-state index contributed by atoms with van der Waals surface area (Å²) in [7, 11) is 0. The first-order chi connectivity index (χ1) is 10.1. The van der Waals surface area contributed by atoms with Gasteiger partial charge in [0.1, 0.15) is 0 Å². The second kappa shape index (κ2) is 5.38. The third kappa shape index (κ3) is 2.64. The van der Waals surface area contributed by atoms with Gasteiger partial charge in [0.2, 0.25) is 0 Å². The fourth-order valence-corrected chi connectivity index (χ4v) is 2.10. The van der Waals surface area contributed by atoms with E-state index in [9.17, 15) is 4.79 Å². The molecule has 0 saturated heterocycles. The molecule has 0 radical (unpaired) electrons. The van der Waals surface area contributed by atoms with E-state index >= 15 is 0 Å². The van der Waals surface area contributed by atoms with E-state index in [1.54, 1.807) is 42.9 Å². The van der Waals surface area contributed by atoms with E-state index in [1.807, 2.05) is 12.1 Å². The van der Waals surface area contributed by atoms with Crippen LogP contribution in [0.5, 0.6) is 0 Å². The van der Waals surface area contributed by atoms with Crippen LogP contribution in [0.3, 0.4) is 0 Å². The maximum Gasteiger partial charge on any atom is 0.278 e. The molecule has 0 spiro atoms. The summed E-state index contributed by atoms with van der Waals surface area (Å²) >= 11 is 5.86. The molecule has 104 valence electrons. The average molecular weight is 299 g/mol. The summed E-state index contributed by atoms with van der Waals surface area (Å²) in [5.41, 5.74) is 7.93. The average Bonchev–Trinajstić information content (AvgIpc) is 2.90. The molecule has 3 aromatic rings. The number of hydrogen-bond acceptors (Lipinski definition) is 4. The van der Waals surface area contributed by atoms with Crippen molar-refractivity contribution < 1.29 is 4.79 Å². The SMILES string of the molecule is Nc1nn(C(=O)c2ccncc2)cc1-c1ccc(Cl)cc1. The third-order valence-corrected chi connectivity index (χ3v) is 3.29. The minimum Gasteiger partial charge on any atom is -0.382 e. The Hall–Kier alpha value is -2.66. The Morgan fingerprint density at radius 2 is 1.76 bits per heavy atom. The maximum atomic E-state index is 12.3. The number of aromatic nitrogens is 3. The topological polar surface area (TPSA) is 73.8 Å². The largest absolute Gasteiger partial charge is 0.382 e. The van der Waals surface area contributed by atoms with Gasteiger partial charge in [0.25, 0.3) is 5.91 Å². The van der Waals surface area contributed by atoms with Crippen LogP contribution in [0.1, 0.15) is 10.4 Å². The van der Waals surface area contributed by atoms with Gasteiger partial charge < -0.3 is 5.73 Å². The van der Waals surface area contributed by atoms with Gasteiger partial charge >= 0.3 is 0 Å². The fourth-order valence-electron chi connectivity index (χ4n) is 1.97. The number of benzene rings is 1. The number of nitrogens with zero attached hydrogens (tertiary/aromatic N) is 3. The van der Waals surface area contributed by atoms with Gasteiger partial charge in [0.05, 0.1) is 0 Å². The number of nitrogens with two attached hydrogens (primary N) is 1. The van der Waals surface area contributed by atoms with Gasteiger partial charge in [0.15, 0.2) is 5.82 Å². The lowest BCUT2D eigenvalue weighted by Crippen LogP contribution is -2.12. The molecule has 0 unspecified atom stereocenters. The Morgan fingerprint density at radius 3 is 2.43 bits per heavy atom. The van der Waals surface area contributed by atoms with Crippen molar-refractivity contribution >= 4 is 23.3 Å². The van der Waals surface area contributed by atoms with E-state index in [2.05, 4.69) is 10.1 Å². The van der Waals surface area contributed by atoms with Crippen LogP contribution in [-0.4, -0.2) is 20.7 Å². The standard InChI is InChI=1S/C15H11ClN4O/c16-12-3-1-10(2-4-12)13-9-20(19-14(13)17)15(21)11-5-7-18-8-6-11/h1-9H,(H2,17,19). The van der Waals surface area contributed by atoms with Crippen molar-refractivity contribution in [2.45, 2.75) is 0 Å². The van der Waals surface area contributed by atoms with Gasteiger partial charge in [-0.2, -0.15) is 0 Å². The van der Waals surface area contributed by atoms with Crippen molar-refractivity contribution in [2.24, 2.45) is 0 Å². The lowest BCUT2D eigenvalue weighted by atomic mass is 10.1. The lowest BCUT2D eigenvalue weighted by Gasteiger charge is -1.99. The van der Waals surface area contributed by atoms with Crippen LogP contribution >= 0.6 is 11.6 Å². The van der Waals surface area contributed by atoms with E-state index in [0.717, 1.165) is 5.56 Å². The molecule has 2 aromatic heterocycles. The minimum absolute atomic E-state index is 0.260. The maximum absolute atomic E-state index is 12.3. The van der Waals surface area contributed by atoms with Crippen molar-refractivity contribution in [3.63, 3.8) is 0 Å². The molecule has 0 saturated carbocycles. The summed E-state index contributed by atoms with van der Waals surface area (Å²) in [4.78, 5) is 16.2. The molecule has 3 rings (SSSR count). The molecule has 0 amide bonds. The number of halogens is 1. The number of carbonyl (C=O) groups is 1. The zero-order chi connectivity index (χ0) is 14.8. The zero-order valence-electron chi connectivity index (χ0n) is 10.9. The first kappa shape index (κ1) is 13.3. The Bertz CT molecular complexity index is 781. The minimum atomic E-state index is -0.260. The monoisotopic (exact) mass is 298 g/mol. The van der Waals surface area contributed by atoms with E-state index < -0.39 is 0 Å². The second-order valence-corrected chi connectivity index (χ2v) is 4.86. The molecule has 0 aliphatic carbocycles. The van der Waals surface area contributed by atoms with E-state index in [0.29, 0.717) is 22.0 Å². The summed E-state index contributed by atoms with van der Waals surface area (Å²) in [5.74, 6) is 0.0315. The predicted octanol–water partition coefficient (Wildman–Crippen LogP) is 2.87. The Balaban J connectivity index is 1.98. The molecule has 0 fully saturated rings. The number of carbonyl (C=O) groups excluding carboxylic acids is 1. The molecule has 6 heteroatoms. The van der Waals surface area contributed by atoms with Gasteiger partial charge in [-0.1, -0.05) is 23.7 Å². The molecule has 2 heterocycles. The van der Waals surface area contributed by atoms with Crippen LogP contribution in [-0.2, 0) is 0 Å². The molecular weight excluding hydrogens is 288 g/mol. The van der Waals surface area contributed by atoms with Gasteiger partial charge in [-0.05, 0) is 29.8 Å². The van der Waals surface area contributed by atoms with Crippen LogP contribution in [0.25, 0.3) is 11.1 Å². The quantitative estimate of drug-likeness (QED) is 0.789. The molecule has 21 heavy (non-hydrogen) atoms. The van der Waals surface area contributed by atoms with E-state index in [-0.39, 0.29) is 5.91 Å². The summed E-state index contributed by atoms with van der Waals surface area (Å²) in [6.45, 7) is 0. The number of hydrogen-bond donors (Lipinski definition) is 1. The molecule has 0 aliphatic rings. The highest BCUT2D eigenvalue weighted by atomic mass is 35.5. The number of rotatable bonds is 2. The van der Waals surface area contributed by atoms with Crippen molar-refractivity contribution in [3.05, 3.63) is 65.6 Å². The second-order valence-electron chi connectivity index (χ2n) is 4.42. The van der Waals surface area contributed by atoms with Gasteiger partial charge in [-0.25, -0.2) is 4.68 Å². The van der Waals surface area contributed by atoms with Crippen molar-refractivity contribution in [2.75, 3.05) is 5.73 Å². The molecule has 0 atom stereocenters. The first-order valence-corrected chi connectivity index (χ1v) is 6.59. The molecule has 1 aromatic carbocycles. The molecule has 0 bridgehead atoms. The van der Waals surface area contributed by atoms with Crippen molar-refractivity contribution in [1.29, 1.82) is 0 Å². The summed E-state index contributed by atoms with van der Waals surface area (Å²) in [6.07, 6.45) is 4.72. The Labute approximate surface area is 126 Å². The van der Waals surface area contributed by atoms with Crippen molar-refractivity contribution in [1.82, 2.24) is 14.8 Å². The summed E-state index contributed by atoms with van der Waals surface area (Å²) in [6, 6.07) is 10.4. The normalized spacial score (nSPS) is 10.5.